The monoisotopic (exact) mass is 264 g/mol. The second kappa shape index (κ2) is 5.55. The standard InChI is InChI=1S/C12H16N4O3/c13-11(15-19)9-2-1-5-16(7-9)12(18)8-3-4-14-10(17)6-8/h3-4,6,9,19H,1-2,5,7H2,(H2,13,15)(H,14,17). The maximum absolute atomic E-state index is 12.2. The van der Waals surface area contributed by atoms with Crippen LogP contribution in [0.1, 0.15) is 23.2 Å². The molecule has 7 heteroatoms. The molecule has 0 aliphatic carbocycles. The van der Waals surface area contributed by atoms with Crippen molar-refractivity contribution < 1.29 is 10.0 Å². The van der Waals surface area contributed by atoms with Crippen molar-refractivity contribution >= 4 is 11.7 Å². The number of piperidine rings is 1. The number of carbonyl (C=O) groups excluding carboxylic acids is 1. The minimum absolute atomic E-state index is 0.135. The zero-order valence-electron chi connectivity index (χ0n) is 10.4. The number of oxime groups is 1. The Kier molecular flexibility index (Phi) is 3.84. The summed E-state index contributed by atoms with van der Waals surface area (Å²) in [6.07, 6.45) is 3.02. The van der Waals surface area contributed by atoms with Gasteiger partial charge in [0.15, 0.2) is 0 Å². The number of amidine groups is 1. The van der Waals surface area contributed by atoms with Crippen LogP contribution in [0.3, 0.4) is 0 Å². The summed E-state index contributed by atoms with van der Waals surface area (Å²) in [5.74, 6) is -0.199. The molecule has 102 valence electrons. The number of nitrogens with two attached hydrogens (primary N) is 1. The molecule has 0 spiro atoms. The highest BCUT2D eigenvalue weighted by Crippen LogP contribution is 2.18. The summed E-state index contributed by atoms with van der Waals surface area (Å²) in [5.41, 5.74) is 5.62. The molecular formula is C12H16N4O3. The lowest BCUT2D eigenvalue weighted by Gasteiger charge is -2.32. The van der Waals surface area contributed by atoms with E-state index in [9.17, 15) is 9.59 Å². The molecule has 0 bridgehead atoms. The molecule has 2 heterocycles. The summed E-state index contributed by atoms with van der Waals surface area (Å²) in [6.45, 7) is 1.02. The van der Waals surface area contributed by atoms with Gasteiger partial charge in [0.1, 0.15) is 5.84 Å². The Morgan fingerprint density at radius 2 is 2.37 bits per heavy atom. The summed E-state index contributed by atoms with van der Waals surface area (Å²) < 4.78 is 0. The molecule has 1 aliphatic heterocycles. The Morgan fingerprint density at radius 1 is 1.58 bits per heavy atom. The number of H-pyrrole nitrogens is 1. The zero-order valence-corrected chi connectivity index (χ0v) is 10.4. The predicted octanol–water partition coefficient (Wildman–Crippen LogP) is -0.0265. The molecule has 7 nitrogen and oxygen atoms in total. The number of aromatic nitrogens is 1. The number of nitrogens with one attached hydrogen (secondary N) is 1. The molecule has 1 aliphatic rings. The number of hydrogen-bond donors (Lipinski definition) is 3. The van der Waals surface area contributed by atoms with Gasteiger partial charge in [-0.1, -0.05) is 5.16 Å². The Labute approximate surface area is 109 Å². The Bertz CT molecular complexity index is 552. The van der Waals surface area contributed by atoms with E-state index in [0.29, 0.717) is 18.7 Å². The van der Waals surface area contributed by atoms with Crippen LogP contribution in [0.15, 0.2) is 28.3 Å². The van der Waals surface area contributed by atoms with Gasteiger partial charge in [-0.2, -0.15) is 0 Å². The second-order valence-corrected chi connectivity index (χ2v) is 4.56. The highest BCUT2D eigenvalue weighted by atomic mass is 16.4. The number of nitrogens with zero attached hydrogens (tertiary/aromatic N) is 2. The van der Waals surface area contributed by atoms with E-state index in [1.807, 2.05) is 0 Å². The van der Waals surface area contributed by atoms with Crippen molar-refractivity contribution in [3.05, 3.63) is 34.2 Å². The largest absolute Gasteiger partial charge is 0.409 e. The van der Waals surface area contributed by atoms with E-state index in [1.165, 1.54) is 12.3 Å². The summed E-state index contributed by atoms with van der Waals surface area (Å²) in [6, 6.07) is 2.84. The highest BCUT2D eigenvalue weighted by molar-refractivity contribution is 5.94. The lowest BCUT2D eigenvalue weighted by molar-refractivity contribution is 0.0701. The third kappa shape index (κ3) is 2.93. The first-order valence-corrected chi connectivity index (χ1v) is 6.07. The van der Waals surface area contributed by atoms with Gasteiger partial charge in [0, 0.05) is 36.8 Å². The van der Waals surface area contributed by atoms with Crippen LogP contribution >= 0.6 is 0 Å². The first-order chi connectivity index (χ1) is 9.11. The molecule has 1 saturated heterocycles. The van der Waals surface area contributed by atoms with Crippen LogP contribution in [-0.2, 0) is 0 Å². The lowest BCUT2D eigenvalue weighted by Crippen LogP contribution is -2.44. The van der Waals surface area contributed by atoms with Crippen LogP contribution < -0.4 is 11.3 Å². The summed E-state index contributed by atoms with van der Waals surface area (Å²) in [4.78, 5) is 27.5. The topological polar surface area (TPSA) is 112 Å². The molecule has 0 radical (unpaired) electrons. The van der Waals surface area contributed by atoms with Gasteiger partial charge in [-0.3, -0.25) is 9.59 Å². The molecule has 0 aromatic carbocycles. The fourth-order valence-electron chi connectivity index (χ4n) is 2.24. The normalized spacial score (nSPS) is 20.3. The third-order valence-corrected chi connectivity index (χ3v) is 3.26. The third-order valence-electron chi connectivity index (χ3n) is 3.26. The smallest absolute Gasteiger partial charge is 0.254 e. The number of amides is 1. The quantitative estimate of drug-likeness (QED) is 0.301. The van der Waals surface area contributed by atoms with E-state index < -0.39 is 0 Å². The van der Waals surface area contributed by atoms with Gasteiger partial charge >= 0.3 is 0 Å². The molecule has 1 fully saturated rings. The summed E-state index contributed by atoms with van der Waals surface area (Å²) in [5, 5.41) is 11.7. The predicted molar refractivity (Wildman–Crippen MR) is 69.1 cm³/mol. The molecule has 1 atom stereocenters. The first-order valence-electron chi connectivity index (χ1n) is 6.07. The van der Waals surface area contributed by atoms with Crippen molar-refractivity contribution in [3.63, 3.8) is 0 Å². The fourth-order valence-corrected chi connectivity index (χ4v) is 2.24. The molecule has 1 aromatic heterocycles. The van der Waals surface area contributed by atoms with Crippen LogP contribution in [0.5, 0.6) is 0 Å². The Hall–Kier alpha value is -2.31. The summed E-state index contributed by atoms with van der Waals surface area (Å²) >= 11 is 0. The number of likely N-dealkylation sites (tertiary alicyclic amines) is 1. The van der Waals surface area contributed by atoms with Crippen LogP contribution in [-0.4, -0.2) is 39.9 Å². The lowest BCUT2D eigenvalue weighted by atomic mass is 9.96. The summed E-state index contributed by atoms with van der Waals surface area (Å²) in [7, 11) is 0. The Morgan fingerprint density at radius 3 is 3.05 bits per heavy atom. The molecule has 2 rings (SSSR count). The van der Waals surface area contributed by atoms with Gasteiger partial charge in [0.25, 0.3) is 5.91 Å². The molecule has 0 saturated carbocycles. The van der Waals surface area contributed by atoms with Crippen molar-refractivity contribution in [2.45, 2.75) is 12.8 Å². The molecular weight excluding hydrogens is 248 g/mol. The van der Waals surface area contributed by atoms with E-state index in [1.54, 1.807) is 11.0 Å². The Balaban J connectivity index is 2.13. The van der Waals surface area contributed by atoms with Gasteiger partial charge in [0.2, 0.25) is 5.56 Å². The van der Waals surface area contributed by atoms with Crippen molar-refractivity contribution in [2.75, 3.05) is 13.1 Å². The van der Waals surface area contributed by atoms with Crippen molar-refractivity contribution in [1.29, 1.82) is 0 Å². The number of rotatable bonds is 2. The van der Waals surface area contributed by atoms with E-state index in [0.717, 1.165) is 12.8 Å². The minimum Gasteiger partial charge on any atom is -0.409 e. The molecule has 1 amide bonds. The van der Waals surface area contributed by atoms with Gasteiger partial charge < -0.3 is 20.8 Å². The van der Waals surface area contributed by atoms with Crippen LogP contribution in [0.4, 0.5) is 0 Å². The van der Waals surface area contributed by atoms with Gasteiger partial charge in [-0.15, -0.1) is 0 Å². The average molecular weight is 264 g/mol. The number of aromatic amines is 1. The number of pyridine rings is 1. The van der Waals surface area contributed by atoms with Crippen molar-refractivity contribution in [1.82, 2.24) is 9.88 Å². The van der Waals surface area contributed by atoms with Crippen LogP contribution in [0.25, 0.3) is 0 Å². The van der Waals surface area contributed by atoms with E-state index in [4.69, 9.17) is 10.9 Å². The van der Waals surface area contributed by atoms with Gasteiger partial charge in [0.05, 0.1) is 0 Å². The van der Waals surface area contributed by atoms with Crippen LogP contribution in [0.2, 0.25) is 0 Å². The number of hydrogen-bond acceptors (Lipinski definition) is 4. The molecule has 4 N–H and O–H groups in total. The van der Waals surface area contributed by atoms with Gasteiger partial charge in [-0.05, 0) is 18.9 Å². The van der Waals surface area contributed by atoms with E-state index in [-0.39, 0.29) is 23.2 Å². The zero-order chi connectivity index (χ0) is 13.8. The minimum atomic E-state index is -0.309. The van der Waals surface area contributed by atoms with E-state index >= 15 is 0 Å². The molecule has 1 aromatic rings. The highest BCUT2D eigenvalue weighted by Gasteiger charge is 2.26. The van der Waals surface area contributed by atoms with Gasteiger partial charge in [-0.25, -0.2) is 0 Å². The van der Waals surface area contributed by atoms with Crippen molar-refractivity contribution in [2.24, 2.45) is 16.8 Å². The van der Waals surface area contributed by atoms with E-state index in [2.05, 4.69) is 10.1 Å². The number of carbonyl (C=O) groups is 1. The fraction of sp³-hybridized carbons (Fsp3) is 0.417. The second-order valence-electron chi connectivity index (χ2n) is 4.56. The maximum Gasteiger partial charge on any atom is 0.254 e. The maximum atomic E-state index is 12.2. The SMILES string of the molecule is N/C(=N/O)C1CCCN(C(=O)c2cc[nH]c(=O)c2)C1. The van der Waals surface area contributed by atoms with Crippen LogP contribution in [0, 0.1) is 5.92 Å². The molecule has 19 heavy (non-hydrogen) atoms. The molecule has 1 unspecified atom stereocenters. The average Bonchev–Trinajstić information content (AvgIpc) is 2.45. The van der Waals surface area contributed by atoms with Crippen molar-refractivity contribution in [3.8, 4) is 0 Å². The first kappa shape index (κ1) is 13.1.